The van der Waals surface area contributed by atoms with Gasteiger partial charge >= 0.3 is 0 Å². The van der Waals surface area contributed by atoms with Gasteiger partial charge in [0.1, 0.15) is 5.82 Å². The molecule has 1 aromatic heterocycles. The number of aryl methyl sites for hydroxylation is 2. The second kappa shape index (κ2) is 5.40. The SMILES string of the molecule is Cc1nc2cc(NC(=O)CC(C)CN)ccc2n1C. The van der Waals surface area contributed by atoms with Gasteiger partial charge in [-0.15, -0.1) is 0 Å². The summed E-state index contributed by atoms with van der Waals surface area (Å²) in [6.07, 6.45) is 0.440. The van der Waals surface area contributed by atoms with E-state index in [0.29, 0.717) is 13.0 Å². The molecule has 0 bridgehead atoms. The monoisotopic (exact) mass is 260 g/mol. The number of nitrogens with one attached hydrogen (secondary N) is 1. The molecule has 19 heavy (non-hydrogen) atoms. The molecular weight excluding hydrogens is 240 g/mol. The van der Waals surface area contributed by atoms with Gasteiger partial charge in [0.15, 0.2) is 0 Å². The average Bonchev–Trinajstić information content (AvgIpc) is 2.64. The largest absolute Gasteiger partial charge is 0.331 e. The number of fused-ring (bicyclic) bond motifs is 1. The molecule has 5 heteroatoms. The van der Waals surface area contributed by atoms with Crippen molar-refractivity contribution in [1.29, 1.82) is 0 Å². The zero-order valence-corrected chi connectivity index (χ0v) is 11.6. The number of imidazole rings is 1. The zero-order chi connectivity index (χ0) is 14.0. The van der Waals surface area contributed by atoms with Gasteiger partial charge in [0.25, 0.3) is 0 Å². The van der Waals surface area contributed by atoms with E-state index in [4.69, 9.17) is 5.73 Å². The van der Waals surface area contributed by atoms with Gasteiger partial charge < -0.3 is 15.6 Å². The van der Waals surface area contributed by atoms with Crippen LogP contribution in [-0.4, -0.2) is 22.0 Å². The maximum atomic E-state index is 11.8. The first-order valence-electron chi connectivity index (χ1n) is 6.44. The smallest absolute Gasteiger partial charge is 0.224 e. The van der Waals surface area contributed by atoms with E-state index in [1.807, 2.05) is 43.7 Å². The summed E-state index contributed by atoms with van der Waals surface area (Å²) in [5.74, 6) is 1.14. The molecule has 102 valence electrons. The van der Waals surface area contributed by atoms with Gasteiger partial charge in [-0.25, -0.2) is 4.98 Å². The van der Waals surface area contributed by atoms with E-state index in [9.17, 15) is 4.79 Å². The van der Waals surface area contributed by atoms with Crippen LogP contribution in [0.25, 0.3) is 11.0 Å². The van der Waals surface area contributed by atoms with Crippen LogP contribution in [0, 0.1) is 12.8 Å². The van der Waals surface area contributed by atoms with Crippen LogP contribution in [-0.2, 0) is 11.8 Å². The van der Waals surface area contributed by atoms with Crippen molar-refractivity contribution < 1.29 is 4.79 Å². The lowest BCUT2D eigenvalue weighted by Gasteiger charge is -2.09. The first kappa shape index (κ1) is 13.5. The molecule has 0 aliphatic carbocycles. The van der Waals surface area contributed by atoms with Crippen LogP contribution in [0.4, 0.5) is 5.69 Å². The van der Waals surface area contributed by atoms with E-state index in [-0.39, 0.29) is 11.8 Å². The number of amides is 1. The summed E-state index contributed by atoms with van der Waals surface area (Å²) in [5, 5.41) is 2.88. The molecule has 0 aliphatic rings. The van der Waals surface area contributed by atoms with Gasteiger partial charge in [-0.2, -0.15) is 0 Å². The van der Waals surface area contributed by atoms with E-state index < -0.39 is 0 Å². The molecule has 0 radical (unpaired) electrons. The lowest BCUT2D eigenvalue weighted by atomic mass is 10.1. The Balaban J connectivity index is 2.15. The molecule has 0 aliphatic heterocycles. The highest BCUT2D eigenvalue weighted by Gasteiger charge is 2.09. The third-order valence-electron chi connectivity index (χ3n) is 3.32. The van der Waals surface area contributed by atoms with Crippen molar-refractivity contribution in [3.05, 3.63) is 24.0 Å². The van der Waals surface area contributed by atoms with Gasteiger partial charge in [-0.3, -0.25) is 4.79 Å². The minimum atomic E-state index is -0.00930. The highest BCUT2D eigenvalue weighted by molar-refractivity contribution is 5.93. The number of hydrogen-bond donors (Lipinski definition) is 2. The van der Waals surface area contributed by atoms with Crippen molar-refractivity contribution in [3.8, 4) is 0 Å². The first-order chi connectivity index (χ1) is 9.01. The van der Waals surface area contributed by atoms with Crippen LogP contribution in [0.1, 0.15) is 19.2 Å². The number of rotatable bonds is 4. The molecule has 0 fully saturated rings. The van der Waals surface area contributed by atoms with E-state index in [1.54, 1.807) is 0 Å². The summed E-state index contributed by atoms with van der Waals surface area (Å²) in [4.78, 5) is 16.2. The van der Waals surface area contributed by atoms with Crippen LogP contribution in [0.15, 0.2) is 18.2 Å². The maximum absolute atomic E-state index is 11.8. The van der Waals surface area contributed by atoms with Gasteiger partial charge in [-0.1, -0.05) is 6.92 Å². The predicted octanol–water partition coefficient (Wildman–Crippen LogP) is 1.81. The Morgan fingerprint density at radius 3 is 2.95 bits per heavy atom. The summed E-state index contributed by atoms with van der Waals surface area (Å²) in [7, 11) is 1.98. The molecule has 0 saturated heterocycles. The minimum Gasteiger partial charge on any atom is -0.331 e. The van der Waals surface area contributed by atoms with E-state index in [1.165, 1.54) is 0 Å². The number of carbonyl (C=O) groups is 1. The molecule has 1 atom stereocenters. The Bertz CT molecular complexity index is 603. The quantitative estimate of drug-likeness (QED) is 0.880. The van der Waals surface area contributed by atoms with Gasteiger partial charge in [-0.05, 0) is 37.6 Å². The van der Waals surface area contributed by atoms with Crippen molar-refractivity contribution in [3.63, 3.8) is 0 Å². The van der Waals surface area contributed by atoms with Crippen molar-refractivity contribution in [2.24, 2.45) is 18.7 Å². The molecule has 1 heterocycles. The van der Waals surface area contributed by atoms with E-state index >= 15 is 0 Å². The van der Waals surface area contributed by atoms with Crippen LogP contribution >= 0.6 is 0 Å². The molecule has 2 aromatic rings. The lowest BCUT2D eigenvalue weighted by Crippen LogP contribution is -2.20. The standard InChI is InChI=1S/C14H20N4O/c1-9(8-15)6-14(19)17-11-4-5-13-12(7-11)16-10(2)18(13)3/h4-5,7,9H,6,8,15H2,1-3H3,(H,17,19). The van der Waals surface area contributed by atoms with Gasteiger partial charge in [0.05, 0.1) is 11.0 Å². The van der Waals surface area contributed by atoms with Crippen molar-refractivity contribution in [2.45, 2.75) is 20.3 Å². The number of benzene rings is 1. The Labute approximate surface area is 112 Å². The predicted molar refractivity (Wildman–Crippen MR) is 76.9 cm³/mol. The summed E-state index contributed by atoms with van der Waals surface area (Å²) >= 11 is 0. The normalized spacial score (nSPS) is 12.6. The maximum Gasteiger partial charge on any atom is 0.224 e. The molecule has 1 unspecified atom stereocenters. The van der Waals surface area contributed by atoms with Gasteiger partial charge in [0, 0.05) is 19.2 Å². The van der Waals surface area contributed by atoms with Crippen molar-refractivity contribution in [1.82, 2.24) is 9.55 Å². The summed E-state index contributed by atoms with van der Waals surface area (Å²) in [5.41, 5.74) is 8.25. The Morgan fingerprint density at radius 2 is 2.26 bits per heavy atom. The van der Waals surface area contributed by atoms with Crippen LogP contribution in [0.5, 0.6) is 0 Å². The number of anilines is 1. The molecule has 0 spiro atoms. The van der Waals surface area contributed by atoms with Crippen LogP contribution in [0.2, 0.25) is 0 Å². The molecule has 0 saturated carbocycles. The average molecular weight is 260 g/mol. The number of carbonyl (C=O) groups excluding carboxylic acids is 1. The summed E-state index contributed by atoms with van der Waals surface area (Å²) < 4.78 is 2.03. The third kappa shape index (κ3) is 2.93. The highest BCUT2D eigenvalue weighted by Crippen LogP contribution is 2.19. The van der Waals surface area contributed by atoms with E-state index in [2.05, 4.69) is 10.3 Å². The van der Waals surface area contributed by atoms with Crippen molar-refractivity contribution in [2.75, 3.05) is 11.9 Å². The second-order valence-corrected chi connectivity index (χ2v) is 5.01. The molecule has 2 rings (SSSR count). The topological polar surface area (TPSA) is 72.9 Å². The van der Waals surface area contributed by atoms with Gasteiger partial charge in [0.2, 0.25) is 5.91 Å². The first-order valence-corrected chi connectivity index (χ1v) is 6.44. The second-order valence-electron chi connectivity index (χ2n) is 5.01. The van der Waals surface area contributed by atoms with Crippen LogP contribution in [0.3, 0.4) is 0 Å². The molecule has 3 N–H and O–H groups in total. The lowest BCUT2D eigenvalue weighted by molar-refractivity contribution is -0.116. The molecule has 1 aromatic carbocycles. The van der Waals surface area contributed by atoms with Crippen LogP contribution < -0.4 is 11.1 Å². The zero-order valence-electron chi connectivity index (χ0n) is 11.6. The van der Waals surface area contributed by atoms with E-state index in [0.717, 1.165) is 22.5 Å². The number of hydrogen-bond acceptors (Lipinski definition) is 3. The van der Waals surface area contributed by atoms with Crippen molar-refractivity contribution >= 4 is 22.6 Å². The minimum absolute atomic E-state index is 0.00930. The summed E-state index contributed by atoms with van der Waals surface area (Å²) in [6, 6.07) is 5.76. The molecule has 1 amide bonds. The number of nitrogens with two attached hydrogens (primary N) is 1. The fraction of sp³-hybridized carbons (Fsp3) is 0.429. The Hall–Kier alpha value is -1.88. The third-order valence-corrected chi connectivity index (χ3v) is 3.32. The Morgan fingerprint density at radius 1 is 1.53 bits per heavy atom. The number of nitrogens with zero attached hydrogens (tertiary/aromatic N) is 2. The fourth-order valence-electron chi connectivity index (χ4n) is 2.01. The molecular formula is C14H20N4O. The Kier molecular flexibility index (Phi) is 3.85. The summed E-state index contributed by atoms with van der Waals surface area (Å²) in [6.45, 7) is 4.44. The number of aromatic nitrogens is 2. The fourth-order valence-corrected chi connectivity index (χ4v) is 2.01. The highest BCUT2D eigenvalue weighted by atomic mass is 16.1. The molecule has 5 nitrogen and oxygen atoms in total.